The molecule has 26 heavy (non-hydrogen) atoms. The van der Waals surface area contributed by atoms with Gasteiger partial charge in [-0.25, -0.2) is 0 Å². The Bertz CT molecular complexity index is 963. The van der Waals surface area contributed by atoms with Crippen molar-refractivity contribution in [3.8, 4) is 11.5 Å². The van der Waals surface area contributed by atoms with E-state index in [1.54, 1.807) is 14.2 Å². The van der Waals surface area contributed by atoms with E-state index in [-0.39, 0.29) is 5.56 Å². The number of rotatable bonds is 7. The molecule has 0 aliphatic rings. The predicted molar refractivity (Wildman–Crippen MR) is 105 cm³/mol. The lowest BCUT2D eigenvalue weighted by Gasteiger charge is -2.11. The van der Waals surface area contributed by atoms with Gasteiger partial charge in [0.1, 0.15) is 0 Å². The lowest BCUT2D eigenvalue weighted by molar-refractivity contribution is 0.355. The van der Waals surface area contributed by atoms with Gasteiger partial charge >= 0.3 is 0 Å². The van der Waals surface area contributed by atoms with Gasteiger partial charge in [0.25, 0.3) is 5.56 Å². The number of aromatic amines is 1. The van der Waals surface area contributed by atoms with Crippen molar-refractivity contribution in [3.63, 3.8) is 0 Å². The average Bonchev–Trinajstić information content (AvgIpc) is 2.66. The molecule has 0 saturated carbocycles. The van der Waals surface area contributed by atoms with Gasteiger partial charge < -0.3 is 19.8 Å². The van der Waals surface area contributed by atoms with E-state index in [1.165, 1.54) is 5.56 Å². The molecule has 136 valence electrons. The molecule has 5 heteroatoms. The fraction of sp³-hybridized carbons (Fsp3) is 0.286. The molecule has 3 rings (SSSR count). The zero-order valence-electron chi connectivity index (χ0n) is 15.4. The van der Waals surface area contributed by atoms with Gasteiger partial charge in [0, 0.05) is 29.4 Å². The molecule has 0 amide bonds. The maximum absolute atomic E-state index is 12.3. The summed E-state index contributed by atoms with van der Waals surface area (Å²) in [4.78, 5) is 15.3. The first-order valence-corrected chi connectivity index (χ1v) is 8.75. The van der Waals surface area contributed by atoms with Crippen molar-refractivity contribution >= 4 is 16.6 Å². The lowest BCUT2D eigenvalue weighted by atomic mass is 10.1. The van der Waals surface area contributed by atoms with Crippen molar-refractivity contribution in [2.45, 2.75) is 26.3 Å². The standard InChI is InChI=1S/C21H24N2O3/c1-4-5-14-6-8-18-15(10-14)11-16(21(24)23-18)13-22-17-7-9-19(25-2)20(12-17)26-3/h6-12,22H,4-5,13H2,1-3H3,(H,23,24). The quantitative estimate of drug-likeness (QED) is 0.672. The van der Waals surface area contributed by atoms with E-state index in [0.29, 0.717) is 23.6 Å². The molecule has 0 atom stereocenters. The van der Waals surface area contributed by atoms with E-state index >= 15 is 0 Å². The molecule has 3 aromatic rings. The Morgan fingerprint density at radius 1 is 1.00 bits per heavy atom. The van der Waals surface area contributed by atoms with Gasteiger partial charge in [-0.15, -0.1) is 0 Å². The fourth-order valence-electron chi connectivity index (χ4n) is 3.02. The topological polar surface area (TPSA) is 63.4 Å². The van der Waals surface area contributed by atoms with Gasteiger partial charge in [-0.1, -0.05) is 19.4 Å². The van der Waals surface area contributed by atoms with E-state index in [2.05, 4.69) is 29.4 Å². The second-order valence-corrected chi connectivity index (χ2v) is 6.22. The number of nitrogens with one attached hydrogen (secondary N) is 2. The third kappa shape index (κ3) is 3.82. The number of ether oxygens (including phenoxy) is 2. The Kier molecular flexibility index (Phi) is 5.46. The number of benzene rings is 2. The highest BCUT2D eigenvalue weighted by atomic mass is 16.5. The second kappa shape index (κ2) is 7.95. The van der Waals surface area contributed by atoms with E-state index in [1.807, 2.05) is 30.3 Å². The summed E-state index contributed by atoms with van der Waals surface area (Å²) in [5.41, 5.74) is 3.63. The summed E-state index contributed by atoms with van der Waals surface area (Å²) < 4.78 is 10.6. The number of hydrogen-bond donors (Lipinski definition) is 2. The number of anilines is 1. The molecule has 5 nitrogen and oxygen atoms in total. The highest BCUT2D eigenvalue weighted by Crippen LogP contribution is 2.29. The Balaban J connectivity index is 1.84. The first kappa shape index (κ1) is 17.9. The normalized spacial score (nSPS) is 10.7. The maximum atomic E-state index is 12.3. The largest absolute Gasteiger partial charge is 0.493 e. The Morgan fingerprint density at radius 2 is 1.81 bits per heavy atom. The molecule has 1 heterocycles. The lowest BCUT2D eigenvalue weighted by Crippen LogP contribution is -2.15. The SMILES string of the molecule is CCCc1ccc2[nH]c(=O)c(CNc3ccc(OC)c(OC)c3)cc2c1. The first-order chi connectivity index (χ1) is 12.6. The smallest absolute Gasteiger partial charge is 0.253 e. The van der Waals surface area contributed by atoms with Gasteiger partial charge in [0.15, 0.2) is 11.5 Å². The highest BCUT2D eigenvalue weighted by molar-refractivity contribution is 5.79. The minimum atomic E-state index is -0.0753. The van der Waals surface area contributed by atoms with Crippen LogP contribution >= 0.6 is 0 Å². The molecular weight excluding hydrogens is 328 g/mol. The van der Waals surface area contributed by atoms with Crippen molar-refractivity contribution in [2.75, 3.05) is 19.5 Å². The van der Waals surface area contributed by atoms with E-state index in [9.17, 15) is 4.79 Å². The Hall–Kier alpha value is -2.95. The molecule has 2 N–H and O–H groups in total. The van der Waals surface area contributed by atoms with Crippen LogP contribution in [0.4, 0.5) is 5.69 Å². The highest BCUT2D eigenvalue weighted by Gasteiger charge is 2.07. The predicted octanol–water partition coefficient (Wildman–Crippen LogP) is 4.11. The number of fused-ring (bicyclic) bond motifs is 1. The summed E-state index contributed by atoms with van der Waals surface area (Å²) in [6.07, 6.45) is 2.14. The monoisotopic (exact) mass is 352 g/mol. The van der Waals surface area contributed by atoms with Crippen LogP contribution < -0.4 is 20.3 Å². The molecule has 0 unspecified atom stereocenters. The molecule has 0 fully saturated rings. The van der Waals surface area contributed by atoms with Crippen molar-refractivity contribution in [2.24, 2.45) is 0 Å². The van der Waals surface area contributed by atoms with Gasteiger partial charge in [-0.3, -0.25) is 4.79 Å². The summed E-state index contributed by atoms with van der Waals surface area (Å²) in [6, 6.07) is 13.7. The third-order valence-corrected chi connectivity index (χ3v) is 4.39. The Morgan fingerprint density at radius 3 is 2.54 bits per heavy atom. The maximum Gasteiger partial charge on any atom is 0.253 e. The summed E-state index contributed by atoms with van der Waals surface area (Å²) >= 11 is 0. The minimum Gasteiger partial charge on any atom is -0.493 e. The van der Waals surface area contributed by atoms with E-state index in [4.69, 9.17) is 9.47 Å². The fourth-order valence-corrected chi connectivity index (χ4v) is 3.02. The summed E-state index contributed by atoms with van der Waals surface area (Å²) in [5.74, 6) is 1.32. The molecule has 0 radical (unpaired) electrons. The van der Waals surface area contributed by atoms with Crippen LogP contribution in [0.25, 0.3) is 10.9 Å². The Labute approximate surface area is 153 Å². The molecule has 0 aliphatic carbocycles. The van der Waals surface area contributed by atoms with Crippen LogP contribution in [0, 0.1) is 0 Å². The van der Waals surface area contributed by atoms with Gasteiger partial charge in [-0.05, 0) is 47.7 Å². The first-order valence-electron chi connectivity index (χ1n) is 8.75. The van der Waals surface area contributed by atoms with Crippen molar-refractivity contribution in [1.82, 2.24) is 4.98 Å². The number of aromatic nitrogens is 1. The van der Waals surface area contributed by atoms with Crippen LogP contribution in [0.3, 0.4) is 0 Å². The van der Waals surface area contributed by atoms with Crippen molar-refractivity contribution in [3.05, 3.63) is 63.9 Å². The van der Waals surface area contributed by atoms with Crippen molar-refractivity contribution in [1.29, 1.82) is 0 Å². The molecular formula is C21H24N2O3. The molecule has 0 saturated heterocycles. The van der Waals surface area contributed by atoms with Crippen LogP contribution in [0.2, 0.25) is 0 Å². The van der Waals surface area contributed by atoms with Gasteiger partial charge in [0.2, 0.25) is 0 Å². The summed E-state index contributed by atoms with van der Waals surface area (Å²) in [7, 11) is 3.20. The van der Waals surface area contributed by atoms with E-state index < -0.39 is 0 Å². The van der Waals surface area contributed by atoms with Crippen LogP contribution in [0.1, 0.15) is 24.5 Å². The number of pyridine rings is 1. The number of aryl methyl sites for hydroxylation is 1. The van der Waals surface area contributed by atoms with Crippen LogP contribution in [0.5, 0.6) is 11.5 Å². The van der Waals surface area contributed by atoms with Crippen LogP contribution in [-0.4, -0.2) is 19.2 Å². The molecule has 0 aliphatic heterocycles. The summed E-state index contributed by atoms with van der Waals surface area (Å²) in [5, 5.41) is 4.33. The van der Waals surface area contributed by atoms with Crippen LogP contribution in [0.15, 0.2) is 47.3 Å². The third-order valence-electron chi connectivity index (χ3n) is 4.39. The molecule has 1 aromatic heterocycles. The van der Waals surface area contributed by atoms with Gasteiger partial charge in [-0.2, -0.15) is 0 Å². The van der Waals surface area contributed by atoms with E-state index in [0.717, 1.165) is 29.4 Å². The second-order valence-electron chi connectivity index (χ2n) is 6.22. The number of H-pyrrole nitrogens is 1. The molecule has 2 aromatic carbocycles. The average molecular weight is 352 g/mol. The van der Waals surface area contributed by atoms with Gasteiger partial charge in [0.05, 0.1) is 14.2 Å². The molecule has 0 spiro atoms. The zero-order valence-corrected chi connectivity index (χ0v) is 15.4. The number of methoxy groups -OCH3 is 2. The zero-order chi connectivity index (χ0) is 18.5. The minimum absolute atomic E-state index is 0.0753. The van der Waals surface area contributed by atoms with Crippen LogP contribution in [-0.2, 0) is 13.0 Å². The number of hydrogen-bond acceptors (Lipinski definition) is 4. The van der Waals surface area contributed by atoms with Crippen molar-refractivity contribution < 1.29 is 9.47 Å². The molecule has 0 bridgehead atoms. The summed E-state index contributed by atoms with van der Waals surface area (Å²) in [6.45, 7) is 2.59.